The second-order valence-electron chi connectivity index (χ2n) is 5.63. The average molecular weight is 276 g/mol. The summed E-state index contributed by atoms with van der Waals surface area (Å²) >= 11 is 0. The first-order valence-electron chi connectivity index (χ1n) is 6.37. The van der Waals surface area contributed by atoms with E-state index in [4.69, 9.17) is 0 Å². The van der Waals surface area contributed by atoms with Gasteiger partial charge in [-0.05, 0) is 52.6 Å². The van der Waals surface area contributed by atoms with Gasteiger partial charge in [0, 0.05) is 12.3 Å². The van der Waals surface area contributed by atoms with Crippen LogP contribution in [-0.4, -0.2) is 44.5 Å². The highest BCUT2D eigenvalue weighted by Crippen LogP contribution is 2.19. The van der Waals surface area contributed by atoms with E-state index in [0.29, 0.717) is 5.92 Å². The van der Waals surface area contributed by atoms with Crippen molar-refractivity contribution in [2.24, 2.45) is 5.92 Å². The summed E-state index contributed by atoms with van der Waals surface area (Å²) < 4.78 is 21.8. The van der Waals surface area contributed by atoms with E-state index in [1.807, 2.05) is 6.92 Å². The predicted octanol–water partition coefficient (Wildman–Crippen LogP) is 0.314. The average Bonchev–Trinajstić information content (AvgIpc) is 2.28. The van der Waals surface area contributed by atoms with Gasteiger partial charge in [-0.2, -0.15) is 0 Å². The first-order valence-corrected chi connectivity index (χ1v) is 8.26. The zero-order valence-electron chi connectivity index (χ0n) is 11.6. The molecule has 0 bridgehead atoms. The van der Waals surface area contributed by atoms with Crippen molar-refractivity contribution >= 4 is 15.7 Å². The van der Waals surface area contributed by atoms with Crippen LogP contribution < -0.4 is 10.6 Å². The molecular formula is C12H24N2O3S. The third-order valence-electron chi connectivity index (χ3n) is 3.92. The minimum Gasteiger partial charge on any atom is -0.352 e. The largest absolute Gasteiger partial charge is 0.352 e. The molecule has 18 heavy (non-hydrogen) atoms. The maximum Gasteiger partial charge on any atom is 0.241 e. The highest BCUT2D eigenvalue weighted by Gasteiger charge is 2.39. The van der Waals surface area contributed by atoms with Crippen molar-refractivity contribution in [3.63, 3.8) is 0 Å². The Labute approximate surface area is 110 Å². The van der Waals surface area contributed by atoms with E-state index in [9.17, 15) is 13.2 Å². The van der Waals surface area contributed by atoms with Crippen LogP contribution in [0.5, 0.6) is 0 Å². The van der Waals surface area contributed by atoms with E-state index in [-0.39, 0.29) is 6.04 Å². The van der Waals surface area contributed by atoms with Crippen LogP contribution in [0.2, 0.25) is 0 Å². The zero-order chi connectivity index (χ0) is 14.0. The predicted molar refractivity (Wildman–Crippen MR) is 72.1 cm³/mol. The molecule has 2 N–H and O–H groups in total. The van der Waals surface area contributed by atoms with E-state index in [2.05, 4.69) is 10.6 Å². The monoisotopic (exact) mass is 276 g/mol. The normalized spacial score (nSPS) is 20.4. The van der Waals surface area contributed by atoms with Crippen molar-refractivity contribution in [3.8, 4) is 0 Å². The Morgan fingerprint density at radius 3 is 2.28 bits per heavy atom. The van der Waals surface area contributed by atoms with Crippen LogP contribution >= 0.6 is 0 Å². The number of amides is 1. The van der Waals surface area contributed by atoms with E-state index in [1.165, 1.54) is 13.8 Å². The third kappa shape index (κ3) is 3.45. The van der Waals surface area contributed by atoms with Gasteiger partial charge in [-0.25, -0.2) is 8.42 Å². The highest BCUT2D eigenvalue weighted by molar-refractivity contribution is 7.92. The number of sulfone groups is 1. The maximum absolute atomic E-state index is 12.1. The molecule has 0 spiro atoms. The lowest BCUT2D eigenvalue weighted by Crippen LogP contribution is -2.52. The molecule has 0 aromatic heterocycles. The fraction of sp³-hybridized carbons (Fsp3) is 0.917. The number of carbonyl (C=O) groups is 1. The molecule has 0 saturated carbocycles. The zero-order valence-corrected chi connectivity index (χ0v) is 12.4. The number of rotatable bonds is 4. The number of piperidine rings is 1. The minimum atomic E-state index is -3.40. The third-order valence-corrected chi connectivity index (χ3v) is 5.96. The molecule has 0 aliphatic carbocycles. The van der Waals surface area contributed by atoms with E-state index >= 15 is 0 Å². The van der Waals surface area contributed by atoms with Gasteiger partial charge in [0.15, 0.2) is 9.84 Å². The minimum absolute atomic E-state index is 0.0145. The molecule has 1 fully saturated rings. The summed E-state index contributed by atoms with van der Waals surface area (Å²) in [7, 11) is -3.40. The van der Waals surface area contributed by atoms with Crippen LogP contribution in [0, 0.1) is 5.92 Å². The molecule has 5 nitrogen and oxygen atoms in total. The first-order chi connectivity index (χ1) is 8.16. The number of carbonyl (C=O) groups excluding carboxylic acids is 1. The van der Waals surface area contributed by atoms with Crippen molar-refractivity contribution in [2.45, 2.75) is 44.4 Å². The summed E-state index contributed by atoms with van der Waals surface area (Å²) in [6.07, 6.45) is 3.13. The molecule has 1 atom stereocenters. The van der Waals surface area contributed by atoms with Crippen molar-refractivity contribution in [2.75, 3.05) is 19.3 Å². The molecule has 1 aliphatic heterocycles. The first kappa shape index (κ1) is 15.4. The molecule has 6 heteroatoms. The maximum atomic E-state index is 12.1. The van der Waals surface area contributed by atoms with Crippen LogP contribution in [0.15, 0.2) is 0 Å². The summed E-state index contributed by atoms with van der Waals surface area (Å²) in [4.78, 5) is 12.1. The Balaban J connectivity index is 2.64. The van der Waals surface area contributed by atoms with E-state index in [1.54, 1.807) is 0 Å². The van der Waals surface area contributed by atoms with Crippen LogP contribution in [0.3, 0.4) is 0 Å². The van der Waals surface area contributed by atoms with Gasteiger partial charge in [0.25, 0.3) is 0 Å². The summed E-state index contributed by atoms with van der Waals surface area (Å²) in [6.45, 7) is 6.77. The van der Waals surface area contributed by atoms with Gasteiger partial charge in [0.05, 0.1) is 0 Å². The van der Waals surface area contributed by atoms with E-state index in [0.717, 1.165) is 32.2 Å². The van der Waals surface area contributed by atoms with E-state index < -0.39 is 20.5 Å². The van der Waals surface area contributed by atoms with Gasteiger partial charge in [0.2, 0.25) is 5.91 Å². The Morgan fingerprint density at radius 1 is 1.33 bits per heavy atom. The Hall–Kier alpha value is -0.620. The van der Waals surface area contributed by atoms with Crippen molar-refractivity contribution in [1.29, 1.82) is 0 Å². The molecule has 106 valence electrons. The summed E-state index contributed by atoms with van der Waals surface area (Å²) in [6, 6.07) is 0.0145. The number of nitrogens with one attached hydrogen (secondary N) is 2. The lowest BCUT2D eigenvalue weighted by Gasteiger charge is -2.31. The van der Waals surface area contributed by atoms with Crippen molar-refractivity contribution in [1.82, 2.24) is 10.6 Å². The van der Waals surface area contributed by atoms with Crippen LogP contribution in [0.25, 0.3) is 0 Å². The molecule has 1 aliphatic rings. The van der Waals surface area contributed by atoms with Crippen LogP contribution in [0.1, 0.15) is 33.6 Å². The topological polar surface area (TPSA) is 75.3 Å². The fourth-order valence-electron chi connectivity index (χ4n) is 2.01. The molecule has 1 unspecified atom stereocenters. The molecule has 1 saturated heterocycles. The molecule has 0 radical (unpaired) electrons. The van der Waals surface area contributed by atoms with Gasteiger partial charge in [-0.15, -0.1) is 0 Å². The molecular weight excluding hydrogens is 252 g/mol. The molecule has 0 aromatic carbocycles. The molecule has 1 rings (SSSR count). The highest BCUT2D eigenvalue weighted by atomic mass is 32.2. The number of hydrogen-bond acceptors (Lipinski definition) is 4. The Kier molecular flexibility index (Phi) is 4.78. The molecule has 0 aromatic rings. The second-order valence-corrected chi connectivity index (χ2v) is 8.20. The Morgan fingerprint density at radius 2 is 1.83 bits per heavy atom. The van der Waals surface area contributed by atoms with Crippen LogP contribution in [0.4, 0.5) is 0 Å². The summed E-state index contributed by atoms with van der Waals surface area (Å²) in [5.74, 6) is 0.0154. The van der Waals surface area contributed by atoms with Gasteiger partial charge in [-0.3, -0.25) is 4.79 Å². The lowest BCUT2D eigenvalue weighted by molar-refractivity contribution is -0.123. The van der Waals surface area contributed by atoms with Crippen LogP contribution in [-0.2, 0) is 14.6 Å². The van der Waals surface area contributed by atoms with Gasteiger partial charge in [0.1, 0.15) is 4.75 Å². The van der Waals surface area contributed by atoms with Gasteiger partial charge >= 0.3 is 0 Å². The standard InChI is InChI=1S/C12H24N2O3S/c1-9(10-5-7-13-8-6-10)14-11(15)12(2,3)18(4,16)17/h9-10,13H,5-8H2,1-4H3,(H,14,15). The molecule has 1 heterocycles. The summed E-state index contributed by atoms with van der Waals surface area (Å²) in [5.41, 5.74) is 0. The quantitative estimate of drug-likeness (QED) is 0.775. The fourth-order valence-corrected chi connectivity index (χ4v) is 2.41. The second kappa shape index (κ2) is 5.57. The smallest absolute Gasteiger partial charge is 0.241 e. The SMILES string of the molecule is CC(NC(=O)C(C)(C)S(C)(=O)=O)C1CCNCC1. The lowest BCUT2D eigenvalue weighted by atomic mass is 9.91. The van der Waals surface area contributed by atoms with Crippen molar-refractivity contribution < 1.29 is 13.2 Å². The number of hydrogen-bond donors (Lipinski definition) is 2. The van der Waals surface area contributed by atoms with Gasteiger partial charge in [-0.1, -0.05) is 0 Å². The van der Waals surface area contributed by atoms with Crippen molar-refractivity contribution in [3.05, 3.63) is 0 Å². The molecule has 1 amide bonds. The summed E-state index contributed by atoms with van der Waals surface area (Å²) in [5, 5.41) is 6.12. The van der Waals surface area contributed by atoms with Gasteiger partial charge < -0.3 is 10.6 Å². The Bertz CT molecular complexity index is 398.